The molecule has 0 amide bonds. The Labute approximate surface area is 143 Å². The Hall–Kier alpha value is -0.130. The van der Waals surface area contributed by atoms with Crippen molar-refractivity contribution in [2.24, 2.45) is 0 Å². The standard InChI is InChI=1S/C18H38O4S/c1-3-5-11-15-18(23(20,21)22)16-13-10-8-6-7-9-12-14-17(19)4-2/h17-19H,3-16H2,1-2H3,(H,20,21,22). The third kappa shape index (κ3) is 14.0. The third-order valence-electron chi connectivity index (χ3n) is 4.59. The Morgan fingerprint density at radius 2 is 1.17 bits per heavy atom. The zero-order valence-corrected chi connectivity index (χ0v) is 16.0. The van der Waals surface area contributed by atoms with E-state index in [-0.39, 0.29) is 6.10 Å². The SMILES string of the molecule is CCCCCC(CCCCCCCCCC(O)CC)S(=O)(=O)O. The van der Waals surface area contributed by atoms with Crippen LogP contribution < -0.4 is 0 Å². The van der Waals surface area contributed by atoms with Crippen LogP contribution in [0.5, 0.6) is 0 Å². The summed E-state index contributed by atoms with van der Waals surface area (Å²) in [4.78, 5) is 0. The molecule has 2 N–H and O–H groups in total. The van der Waals surface area contributed by atoms with E-state index < -0.39 is 15.4 Å². The summed E-state index contributed by atoms with van der Waals surface area (Å²) in [7, 11) is -3.88. The summed E-state index contributed by atoms with van der Waals surface area (Å²) in [5.41, 5.74) is 0. The first-order valence-corrected chi connectivity index (χ1v) is 11.1. The Bertz CT molecular complexity index is 354. The van der Waals surface area contributed by atoms with E-state index in [4.69, 9.17) is 0 Å². The van der Waals surface area contributed by atoms with Crippen molar-refractivity contribution in [3.8, 4) is 0 Å². The topological polar surface area (TPSA) is 74.6 Å². The van der Waals surface area contributed by atoms with Crippen LogP contribution in [-0.4, -0.2) is 29.4 Å². The molecule has 140 valence electrons. The van der Waals surface area contributed by atoms with Crippen molar-refractivity contribution in [3.05, 3.63) is 0 Å². The average Bonchev–Trinajstić information content (AvgIpc) is 2.50. The Morgan fingerprint density at radius 3 is 1.61 bits per heavy atom. The van der Waals surface area contributed by atoms with E-state index >= 15 is 0 Å². The molecule has 5 heteroatoms. The van der Waals surface area contributed by atoms with Crippen molar-refractivity contribution in [1.82, 2.24) is 0 Å². The number of hydrogen-bond donors (Lipinski definition) is 2. The van der Waals surface area contributed by atoms with E-state index in [0.29, 0.717) is 12.8 Å². The van der Waals surface area contributed by atoms with E-state index in [9.17, 15) is 18.1 Å². The van der Waals surface area contributed by atoms with Crippen LogP contribution in [0.25, 0.3) is 0 Å². The largest absolute Gasteiger partial charge is 0.393 e. The molecule has 0 aromatic carbocycles. The molecule has 0 fully saturated rings. The minimum Gasteiger partial charge on any atom is -0.393 e. The van der Waals surface area contributed by atoms with E-state index in [1.807, 2.05) is 6.92 Å². The summed E-state index contributed by atoms with van der Waals surface area (Å²) >= 11 is 0. The molecule has 0 saturated heterocycles. The van der Waals surface area contributed by atoms with Crippen molar-refractivity contribution in [3.63, 3.8) is 0 Å². The molecule has 0 aromatic rings. The maximum Gasteiger partial charge on any atom is 0.267 e. The number of hydrogen-bond acceptors (Lipinski definition) is 3. The highest BCUT2D eigenvalue weighted by atomic mass is 32.2. The number of aliphatic hydroxyl groups excluding tert-OH is 1. The molecule has 0 aliphatic carbocycles. The van der Waals surface area contributed by atoms with Crippen LogP contribution in [0.1, 0.15) is 104 Å². The van der Waals surface area contributed by atoms with Crippen LogP contribution >= 0.6 is 0 Å². The van der Waals surface area contributed by atoms with Gasteiger partial charge in [0.1, 0.15) is 0 Å². The average molecular weight is 351 g/mol. The van der Waals surface area contributed by atoms with Crippen molar-refractivity contribution in [2.75, 3.05) is 0 Å². The Balaban J connectivity index is 3.62. The van der Waals surface area contributed by atoms with Gasteiger partial charge < -0.3 is 5.11 Å². The lowest BCUT2D eigenvalue weighted by Gasteiger charge is -2.13. The minimum atomic E-state index is -3.88. The molecular weight excluding hydrogens is 312 g/mol. The van der Waals surface area contributed by atoms with Gasteiger partial charge in [0.05, 0.1) is 11.4 Å². The molecule has 0 aromatic heterocycles. The van der Waals surface area contributed by atoms with Gasteiger partial charge in [0, 0.05) is 0 Å². The van der Waals surface area contributed by atoms with Crippen LogP contribution in [-0.2, 0) is 10.1 Å². The van der Waals surface area contributed by atoms with Crippen molar-refractivity contribution in [2.45, 2.75) is 115 Å². The van der Waals surface area contributed by atoms with Gasteiger partial charge in [-0.1, -0.05) is 78.1 Å². The molecule has 0 rings (SSSR count). The van der Waals surface area contributed by atoms with Gasteiger partial charge in [0.2, 0.25) is 0 Å². The molecule has 0 bridgehead atoms. The van der Waals surface area contributed by atoms with Gasteiger partial charge in [-0.2, -0.15) is 8.42 Å². The highest BCUT2D eigenvalue weighted by Crippen LogP contribution is 2.18. The van der Waals surface area contributed by atoms with E-state index in [0.717, 1.165) is 57.8 Å². The first kappa shape index (κ1) is 22.9. The Morgan fingerprint density at radius 1 is 0.739 bits per heavy atom. The smallest absolute Gasteiger partial charge is 0.267 e. The quantitative estimate of drug-likeness (QED) is 0.300. The fourth-order valence-electron chi connectivity index (χ4n) is 2.90. The summed E-state index contributed by atoms with van der Waals surface area (Å²) in [6.07, 6.45) is 13.4. The number of aliphatic hydroxyl groups is 1. The van der Waals surface area contributed by atoms with Crippen molar-refractivity contribution >= 4 is 10.1 Å². The van der Waals surface area contributed by atoms with E-state index in [2.05, 4.69) is 6.92 Å². The van der Waals surface area contributed by atoms with Crippen LogP contribution in [0.15, 0.2) is 0 Å². The van der Waals surface area contributed by atoms with Gasteiger partial charge in [-0.05, 0) is 25.7 Å². The van der Waals surface area contributed by atoms with Crippen LogP contribution in [0, 0.1) is 0 Å². The molecule has 0 radical (unpaired) electrons. The normalized spacial score (nSPS) is 14.8. The summed E-state index contributed by atoms with van der Waals surface area (Å²) in [6.45, 7) is 4.10. The molecule has 23 heavy (non-hydrogen) atoms. The van der Waals surface area contributed by atoms with Crippen LogP contribution in [0.3, 0.4) is 0 Å². The second-order valence-corrected chi connectivity index (χ2v) is 8.44. The molecule has 4 nitrogen and oxygen atoms in total. The molecule has 0 heterocycles. The first-order valence-electron chi connectivity index (χ1n) is 9.56. The maximum absolute atomic E-state index is 11.4. The molecule has 0 aliphatic heterocycles. The highest BCUT2D eigenvalue weighted by Gasteiger charge is 2.21. The van der Waals surface area contributed by atoms with Crippen LogP contribution in [0.2, 0.25) is 0 Å². The molecule has 0 aliphatic rings. The van der Waals surface area contributed by atoms with Gasteiger partial charge in [-0.25, -0.2) is 0 Å². The first-order chi connectivity index (χ1) is 10.9. The fourth-order valence-corrected chi connectivity index (χ4v) is 3.83. The summed E-state index contributed by atoms with van der Waals surface area (Å²) < 4.78 is 32.1. The zero-order valence-electron chi connectivity index (χ0n) is 15.2. The minimum absolute atomic E-state index is 0.139. The molecular formula is C18H38O4S. The van der Waals surface area contributed by atoms with Gasteiger partial charge in [0.15, 0.2) is 0 Å². The summed E-state index contributed by atoms with van der Waals surface area (Å²) in [6, 6.07) is 0. The maximum atomic E-state index is 11.4. The third-order valence-corrected chi connectivity index (χ3v) is 5.90. The number of unbranched alkanes of at least 4 members (excludes halogenated alkanes) is 8. The lowest BCUT2D eigenvalue weighted by molar-refractivity contribution is 0.156. The summed E-state index contributed by atoms with van der Waals surface area (Å²) in [5, 5.41) is 8.89. The van der Waals surface area contributed by atoms with Gasteiger partial charge in [-0.15, -0.1) is 0 Å². The predicted octanol–water partition coefficient (Wildman–Crippen LogP) is 5.10. The van der Waals surface area contributed by atoms with Crippen LogP contribution in [0.4, 0.5) is 0 Å². The number of rotatable bonds is 16. The molecule has 2 atom stereocenters. The van der Waals surface area contributed by atoms with Gasteiger partial charge in [-0.3, -0.25) is 4.55 Å². The van der Waals surface area contributed by atoms with Gasteiger partial charge >= 0.3 is 0 Å². The second kappa shape index (κ2) is 14.2. The lowest BCUT2D eigenvalue weighted by Crippen LogP contribution is -2.20. The molecule has 0 spiro atoms. The van der Waals surface area contributed by atoms with Gasteiger partial charge in [0.25, 0.3) is 10.1 Å². The lowest BCUT2D eigenvalue weighted by atomic mass is 10.0. The zero-order chi connectivity index (χ0) is 17.6. The molecule has 2 unspecified atom stereocenters. The van der Waals surface area contributed by atoms with Crippen molar-refractivity contribution < 1.29 is 18.1 Å². The monoisotopic (exact) mass is 350 g/mol. The van der Waals surface area contributed by atoms with E-state index in [1.165, 1.54) is 19.3 Å². The summed E-state index contributed by atoms with van der Waals surface area (Å²) in [5.74, 6) is 0. The second-order valence-electron chi connectivity index (χ2n) is 6.75. The fraction of sp³-hybridized carbons (Fsp3) is 1.00. The van der Waals surface area contributed by atoms with Crippen molar-refractivity contribution in [1.29, 1.82) is 0 Å². The van der Waals surface area contributed by atoms with E-state index in [1.54, 1.807) is 0 Å². The highest BCUT2D eigenvalue weighted by molar-refractivity contribution is 7.86. The molecule has 0 saturated carbocycles. The predicted molar refractivity (Wildman–Crippen MR) is 97.3 cm³/mol. The Kier molecular flexibility index (Phi) is 14.2.